The van der Waals surface area contributed by atoms with E-state index in [0.29, 0.717) is 0 Å². The van der Waals surface area contributed by atoms with Crippen LogP contribution < -0.4 is 71.5 Å². The Morgan fingerprint density at radius 2 is 0.217 bits per heavy atom. The zero-order valence-electron chi connectivity index (χ0n) is 31.8. The quantitative estimate of drug-likeness (QED) is 0.204. The smallest absolute Gasteiger partial charge is 0.855 e. The van der Waals surface area contributed by atoms with Gasteiger partial charge in [-0.15, -0.1) is 92.5 Å². The van der Waals surface area contributed by atoms with Crippen LogP contribution >= 0.6 is 0 Å². The molecule has 46 heavy (non-hydrogen) atoms. The fourth-order valence-corrected chi connectivity index (χ4v) is 0. The van der Waals surface area contributed by atoms with E-state index in [1.165, 1.54) is 0 Å². The molecule has 0 heterocycles. The van der Waals surface area contributed by atoms with E-state index in [0.717, 1.165) is 0 Å². The van der Waals surface area contributed by atoms with Crippen molar-refractivity contribution in [2.75, 3.05) is 92.5 Å². The molecule has 0 N–H and O–H groups in total. The van der Waals surface area contributed by atoms with Gasteiger partial charge in [0.15, 0.2) is 0 Å². The number of hydrogen-bond acceptors (Lipinski definition) is 14. The van der Waals surface area contributed by atoms with Crippen molar-refractivity contribution in [2.24, 2.45) is 0 Å². The summed E-state index contributed by atoms with van der Waals surface area (Å²) in [5.74, 6) is 0. The standard InChI is InChI=1S/14C2H5O.Hf.Mg.Ti.Zr/c14*1-2-3;;;;/h14*2H2,1H3;;;;/q14*-1;+4;+2;2*+4. The van der Waals surface area contributed by atoms with Crippen LogP contribution in [0.5, 0.6) is 0 Å². The summed E-state index contributed by atoms with van der Waals surface area (Å²) in [6.45, 7) is 22.0. The van der Waals surface area contributed by atoms with Gasteiger partial charge in [0, 0.05) is 0 Å². The first kappa shape index (κ1) is 118. The predicted molar refractivity (Wildman–Crippen MR) is 153 cm³/mol. The summed E-state index contributed by atoms with van der Waals surface area (Å²) < 4.78 is 0. The largest absolute Gasteiger partial charge is 4.00 e. The topological polar surface area (TPSA) is 323 Å². The summed E-state index contributed by atoms with van der Waals surface area (Å²) in [7, 11) is 0. The Kier molecular flexibility index (Phi) is 955. The molecule has 0 spiro atoms. The molecule has 0 aliphatic rings. The fourth-order valence-electron chi connectivity index (χ4n) is 0. The molecule has 0 radical (unpaired) electrons. The van der Waals surface area contributed by atoms with E-state index in [4.69, 9.17) is 71.5 Å². The third-order valence-electron chi connectivity index (χ3n) is 0. The first-order chi connectivity index (χ1) is 19.8. The molecule has 0 fully saturated rings. The Balaban J connectivity index is -0.0000000114. The molecule has 0 bridgehead atoms. The van der Waals surface area contributed by atoms with Gasteiger partial charge >= 0.3 is 96.8 Å². The van der Waals surface area contributed by atoms with E-state index in [2.05, 4.69) is 0 Å². The maximum Gasteiger partial charge on any atom is 4.00 e. The Morgan fingerprint density at radius 1 is 0.217 bits per heavy atom. The first-order valence-electron chi connectivity index (χ1n) is 13.9. The minimum Gasteiger partial charge on any atom is -0.855 e. The van der Waals surface area contributed by atoms with Crippen LogP contribution in [-0.4, -0.2) is 116 Å². The van der Waals surface area contributed by atoms with Crippen LogP contribution in [0.1, 0.15) is 96.9 Å². The van der Waals surface area contributed by atoms with Gasteiger partial charge in [0.2, 0.25) is 0 Å². The van der Waals surface area contributed by atoms with Crippen molar-refractivity contribution in [3.8, 4) is 0 Å². The third-order valence-corrected chi connectivity index (χ3v) is 0. The van der Waals surface area contributed by atoms with Crippen molar-refractivity contribution in [3.63, 3.8) is 0 Å². The van der Waals surface area contributed by atoms with E-state index < -0.39 is 0 Å². The van der Waals surface area contributed by atoms with Crippen molar-refractivity contribution in [3.05, 3.63) is 0 Å². The van der Waals surface area contributed by atoms with Crippen molar-refractivity contribution >= 4 is 23.1 Å². The SMILES string of the molecule is CC[O-].CC[O-].CC[O-].CC[O-].CC[O-].CC[O-].CC[O-].CC[O-].CC[O-].CC[O-].CC[O-].CC[O-].CC[O-].CC[O-].[Hf+4].[Mg+2].[Ti+4].[Zr+4]. The van der Waals surface area contributed by atoms with Crippen LogP contribution in [-0.2, 0) is 73.8 Å². The molecule has 0 saturated heterocycles. The number of rotatable bonds is 0. The van der Waals surface area contributed by atoms with Crippen LogP contribution in [0.2, 0.25) is 0 Å². The molecule has 0 amide bonds. The Hall–Kier alpha value is 2.67. The monoisotopic (exact) mass is 972 g/mol. The van der Waals surface area contributed by atoms with Gasteiger partial charge in [0.25, 0.3) is 0 Å². The minimum absolute atomic E-state index is 0. The van der Waals surface area contributed by atoms with E-state index >= 15 is 0 Å². The summed E-state index contributed by atoms with van der Waals surface area (Å²) in [5.41, 5.74) is 0. The van der Waals surface area contributed by atoms with Crippen LogP contribution in [0.25, 0.3) is 0 Å². The second-order valence-electron chi connectivity index (χ2n) is 4.04. The molecule has 18 heteroatoms. The molecule has 0 aromatic rings. The first-order valence-corrected chi connectivity index (χ1v) is 13.9. The summed E-state index contributed by atoms with van der Waals surface area (Å²) in [6, 6.07) is 0. The van der Waals surface area contributed by atoms with Gasteiger partial charge in [-0.2, -0.15) is 0 Å². The van der Waals surface area contributed by atoms with E-state index in [1.807, 2.05) is 0 Å². The van der Waals surface area contributed by atoms with Gasteiger partial charge in [-0.05, 0) is 0 Å². The van der Waals surface area contributed by atoms with Crippen molar-refractivity contribution < 1.29 is 145 Å². The second-order valence-corrected chi connectivity index (χ2v) is 4.04. The minimum atomic E-state index is 0. The van der Waals surface area contributed by atoms with Crippen LogP contribution in [0.15, 0.2) is 0 Å². The Morgan fingerprint density at radius 3 is 0.217 bits per heavy atom. The van der Waals surface area contributed by atoms with Gasteiger partial charge < -0.3 is 71.5 Å². The van der Waals surface area contributed by atoms with Gasteiger partial charge in [0.1, 0.15) is 0 Å². The molecule has 0 aliphatic carbocycles. The molecule has 280 valence electrons. The summed E-state index contributed by atoms with van der Waals surface area (Å²) in [5, 5.41) is 125. The van der Waals surface area contributed by atoms with E-state index in [9.17, 15) is 0 Å². The molecule has 0 unspecified atom stereocenters. The van der Waals surface area contributed by atoms with Crippen molar-refractivity contribution in [1.82, 2.24) is 0 Å². The van der Waals surface area contributed by atoms with Crippen LogP contribution in [0.4, 0.5) is 0 Å². The average Bonchev–Trinajstić information content (AvgIpc) is 2.86. The fraction of sp³-hybridized carbons (Fsp3) is 1.00. The average molecular weight is 973 g/mol. The van der Waals surface area contributed by atoms with E-state index in [-0.39, 0.29) is 189 Å². The molecule has 0 saturated carbocycles. The Bertz CT molecular complexity index is 119. The van der Waals surface area contributed by atoms with Crippen molar-refractivity contribution in [2.45, 2.75) is 96.9 Å². The molecule has 0 aromatic heterocycles. The van der Waals surface area contributed by atoms with Gasteiger partial charge in [-0.1, -0.05) is 96.9 Å². The number of hydrogen-bond donors (Lipinski definition) is 0. The van der Waals surface area contributed by atoms with Gasteiger partial charge in [0.05, 0.1) is 0 Å². The maximum absolute atomic E-state index is 8.93. The van der Waals surface area contributed by atoms with E-state index in [1.54, 1.807) is 96.9 Å². The normalized spacial score (nSPS) is 5.48. The van der Waals surface area contributed by atoms with Crippen LogP contribution in [0.3, 0.4) is 0 Å². The summed E-state index contributed by atoms with van der Waals surface area (Å²) >= 11 is 0. The molecular formula is C28H70HfMgO14TiZr. The zero-order valence-corrected chi connectivity index (χ0v) is 40.8. The molecule has 0 atom stereocenters. The van der Waals surface area contributed by atoms with Gasteiger partial charge in [-0.25, -0.2) is 0 Å². The molecule has 0 aromatic carbocycles. The Labute approximate surface area is 354 Å². The second kappa shape index (κ2) is 374. The van der Waals surface area contributed by atoms with Crippen LogP contribution in [0, 0.1) is 0 Å². The molecule has 0 rings (SSSR count). The molecular weight excluding hydrogens is 902 g/mol. The predicted octanol–water partition coefficient (Wildman–Crippen LogP) is -9.26. The third kappa shape index (κ3) is 13600. The summed E-state index contributed by atoms with van der Waals surface area (Å²) in [4.78, 5) is 0. The maximum atomic E-state index is 8.93. The summed E-state index contributed by atoms with van der Waals surface area (Å²) in [6.07, 6.45) is 0. The zero-order chi connectivity index (χ0) is 37.9. The van der Waals surface area contributed by atoms with Crippen molar-refractivity contribution in [1.29, 1.82) is 0 Å². The molecule has 0 aliphatic heterocycles. The van der Waals surface area contributed by atoms with Gasteiger partial charge in [-0.3, -0.25) is 0 Å². The molecule has 14 nitrogen and oxygen atoms in total.